The van der Waals surface area contributed by atoms with Crippen LogP contribution < -0.4 is 5.32 Å². The van der Waals surface area contributed by atoms with Crippen LogP contribution in [0, 0.1) is 0 Å². The number of amides is 1. The molecule has 7 atom stereocenters. The fourth-order valence-corrected chi connectivity index (χ4v) is 8.53. The summed E-state index contributed by atoms with van der Waals surface area (Å²) in [5.41, 5.74) is 0. The van der Waals surface area contributed by atoms with Gasteiger partial charge in [0.1, 0.15) is 24.4 Å². The third-order valence-corrected chi connectivity index (χ3v) is 12.4. The second-order valence-electron chi connectivity index (χ2n) is 17.8. The van der Waals surface area contributed by atoms with Crippen LogP contribution >= 0.6 is 0 Å². The van der Waals surface area contributed by atoms with E-state index in [-0.39, 0.29) is 18.9 Å². The van der Waals surface area contributed by atoms with Crippen molar-refractivity contribution in [3.05, 3.63) is 24.3 Å². The van der Waals surface area contributed by atoms with Gasteiger partial charge in [0.05, 0.1) is 25.4 Å². The Hall–Kier alpha value is -1.42. The van der Waals surface area contributed by atoms with Gasteiger partial charge >= 0.3 is 10.4 Å². The van der Waals surface area contributed by atoms with Gasteiger partial charge in [0.2, 0.25) is 5.91 Å². The first-order chi connectivity index (χ1) is 30.0. The highest BCUT2D eigenvalue weighted by Crippen LogP contribution is 2.26. The first-order valence-electron chi connectivity index (χ1n) is 25.2. The predicted molar refractivity (Wildman–Crippen MR) is 250 cm³/mol. The minimum atomic E-state index is -5.08. The van der Waals surface area contributed by atoms with E-state index in [1.54, 1.807) is 6.08 Å². The summed E-state index contributed by atoms with van der Waals surface area (Å²) in [5.74, 6) is -0.272. The van der Waals surface area contributed by atoms with Gasteiger partial charge in [-0.05, 0) is 38.5 Å². The van der Waals surface area contributed by atoms with Crippen molar-refractivity contribution in [3.8, 4) is 0 Å². The third-order valence-electron chi connectivity index (χ3n) is 12.0. The van der Waals surface area contributed by atoms with Gasteiger partial charge in [-0.1, -0.05) is 205 Å². The highest BCUT2D eigenvalue weighted by atomic mass is 32.3. The number of rotatable bonds is 43. The first-order valence-corrected chi connectivity index (χ1v) is 26.6. The molecule has 1 heterocycles. The van der Waals surface area contributed by atoms with E-state index in [0.717, 1.165) is 57.8 Å². The van der Waals surface area contributed by atoms with E-state index in [9.17, 15) is 38.2 Å². The third kappa shape index (κ3) is 32.3. The minimum Gasteiger partial charge on any atom is -0.394 e. The number of hydrogen-bond acceptors (Lipinski definition) is 10. The quantitative estimate of drug-likeness (QED) is 0.0194. The molecule has 6 N–H and O–H groups in total. The average Bonchev–Trinajstić information content (AvgIpc) is 3.24. The van der Waals surface area contributed by atoms with Gasteiger partial charge in [0, 0.05) is 6.42 Å². The summed E-state index contributed by atoms with van der Waals surface area (Å²) in [7, 11) is -5.08. The first kappa shape index (κ1) is 58.6. The lowest BCUT2D eigenvalue weighted by atomic mass is 9.99. The number of ether oxygens (including phenoxy) is 2. The molecule has 1 rings (SSSR count). The van der Waals surface area contributed by atoms with E-state index < -0.39 is 59.9 Å². The van der Waals surface area contributed by atoms with E-state index in [0.29, 0.717) is 6.42 Å². The van der Waals surface area contributed by atoms with Crippen LogP contribution in [0.2, 0.25) is 0 Å². The van der Waals surface area contributed by atoms with Crippen molar-refractivity contribution in [2.45, 2.75) is 269 Å². The van der Waals surface area contributed by atoms with Crippen molar-refractivity contribution in [2.75, 3.05) is 13.2 Å². The zero-order chi connectivity index (χ0) is 45.5. The van der Waals surface area contributed by atoms with E-state index in [1.165, 1.54) is 141 Å². The summed E-state index contributed by atoms with van der Waals surface area (Å²) in [6, 6.07) is -0.945. The molecule has 0 aromatic carbocycles. The summed E-state index contributed by atoms with van der Waals surface area (Å²) in [6.45, 7) is 3.35. The van der Waals surface area contributed by atoms with Crippen molar-refractivity contribution in [1.29, 1.82) is 0 Å². The van der Waals surface area contributed by atoms with Crippen LogP contribution in [0.25, 0.3) is 0 Å². The Morgan fingerprint density at radius 1 is 0.629 bits per heavy atom. The van der Waals surface area contributed by atoms with E-state index in [1.807, 2.05) is 6.08 Å². The normalized spacial score (nSPS) is 20.7. The van der Waals surface area contributed by atoms with Crippen LogP contribution in [-0.4, -0.2) is 95.4 Å². The summed E-state index contributed by atoms with van der Waals surface area (Å²) >= 11 is 0. The molecule has 0 aliphatic carbocycles. The molecule has 0 aromatic rings. The number of aliphatic hydroxyl groups excluding tert-OH is 4. The standard InChI is InChI=1S/C49H93NO11S/c1-3-5-7-9-11-13-15-16-17-18-19-20-21-22-23-24-25-26-27-29-30-32-34-36-38-43(52)42(50-45(53)39-37-35-33-31-28-14-12-10-8-6-4-2)41-59-49-47(55)48(61-62(56,57)58)46(54)44(40-51)60-49/h10,12,36,38,42-44,46-49,51-52,54-55H,3-9,11,13-35,37,39-41H2,1-2H3,(H,50,53)(H,56,57,58)/b12-10-,38-36+. The molecule has 12 nitrogen and oxygen atoms in total. The fourth-order valence-electron chi connectivity index (χ4n) is 8.02. The van der Waals surface area contributed by atoms with Crippen molar-refractivity contribution in [1.82, 2.24) is 5.32 Å². The second-order valence-corrected chi connectivity index (χ2v) is 18.8. The number of allylic oxidation sites excluding steroid dienone is 3. The van der Waals surface area contributed by atoms with Crippen LogP contribution in [0.5, 0.6) is 0 Å². The highest BCUT2D eigenvalue weighted by molar-refractivity contribution is 7.80. The van der Waals surface area contributed by atoms with Crippen LogP contribution in [0.1, 0.15) is 226 Å². The molecule has 1 aliphatic heterocycles. The second kappa shape index (κ2) is 39.9. The van der Waals surface area contributed by atoms with Gasteiger partial charge in [-0.25, -0.2) is 4.18 Å². The van der Waals surface area contributed by atoms with Gasteiger partial charge in [-0.3, -0.25) is 9.35 Å². The molecule has 13 heteroatoms. The number of aliphatic hydroxyl groups is 4. The molecule has 0 saturated carbocycles. The number of hydrogen-bond donors (Lipinski definition) is 6. The molecule has 0 bridgehead atoms. The summed E-state index contributed by atoms with van der Waals surface area (Å²) in [4.78, 5) is 13.0. The summed E-state index contributed by atoms with van der Waals surface area (Å²) < 4.78 is 47.6. The molecule has 1 aliphatic rings. The number of nitrogens with one attached hydrogen (secondary N) is 1. The molecule has 62 heavy (non-hydrogen) atoms. The van der Waals surface area contributed by atoms with E-state index >= 15 is 0 Å². The largest absolute Gasteiger partial charge is 0.397 e. The fraction of sp³-hybridized carbons (Fsp3) is 0.898. The van der Waals surface area contributed by atoms with Gasteiger partial charge in [-0.2, -0.15) is 8.42 Å². The highest BCUT2D eigenvalue weighted by Gasteiger charge is 2.48. The average molecular weight is 904 g/mol. The molecule has 1 amide bonds. The Bertz CT molecular complexity index is 1200. The molecule has 7 unspecified atom stereocenters. The van der Waals surface area contributed by atoms with E-state index in [2.05, 4.69) is 35.5 Å². The summed E-state index contributed by atoms with van der Waals surface area (Å²) in [6.07, 6.45) is 38.1. The zero-order valence-corrected chi connectivity index (χ0v) is 40.0. The van der Waals surface area contributed by atoms with Crippen molar-refractivity contribution in [3.63, 3.8) is 0 Å². The zero-order valence-electron chi connectivity index (χ0n) is 39.2. The van der Waals surface area contributed by atoms with Gasteiger partial charge in [0.25, 0.3) is 0 Å². The topological polar surface area (TPSA) is 192 Å². The van der Waals surface area contributed by atoms with Gasteiger partial charge < -0.3 is 35.2 Å². The molecular weight excluding hydrogens is 811 g/mol. The van der Waals surface area contributed by atoms with Crippen LogP contribution in [0.4, 0.5) is 0 Å². The van der Waals surface area contributed by atoms with Crippen molar-refractivity contribution >= 4 is 16.3 Å². The Balaban J connectivity index is 2.40. The number of unbranched alkanes of at least 4 members (excludes halogenated alkanes) is 29. The van der Waals surface area contributed by atoms with Crippen molar-refractivity contribution < 1.29 is 51.8 Å². The number of carbonyl (C=O) groups excluding carboxylic acids is 1. The lowest BCUT2D eigenvalue weighted by Gasteiger charge is -2.41. The molecule has 0 radical (unpaired) electrons. The predicted octanol–water partition coefficient (Wildman–Crippen LogP) is 10.5. The maximum absolute atomic E-state index is 13.0. The molecule has 1 fully saturated rings. The minimum absolute atomic E-state index is 0.259. The van der Waals surface area contributed by atoms with E-state index in [4.69, 9.17) is 9.47 Å². The Labute approximate surface area is 378 Å². The summed E-state index contributed by atoms with van der Waals surface area (Å²) in [5, 5.41) is 44.7. The molecule has 0 aromatic heterocycles. The Morgan fingerprint density at radius 2 is 1.05 bits per heavy atom. The van der Waals surface area contributed by atoms with Gasteiger partial charge in [0.15, 0.2) is 6.29 Å². The lowest BCUT2D eigenvalue weighted by molar-refractivity contribution is -0.298. The lowest BCUT2D eigenvalue weighted by Crippen LogP contribution is -2.61. The van der Waals surface area contributed by atoms with Crippen LogP contribution in [0.3, 0.4) is 0 Å². The smallest absolute Gasteiger partial charge is 0.394 e. The molecule has 1 saturated heterocycles. The van der Waals surface area contributed by atoms with Crippen LogP contribution in [-0.2, 0) is 28.9 Å². The SMILES string of the molecule is CCCC/C=C\CCCCCCCC(=O)NC(COC1OC(CO)C(O)C(OS(=O)(=O)O)C1O)C(O)/C=C/CCCCCCCCCCCCCCCCCCCCCCCC. The van der Waals surface area contributed by atoms with Crippen LogP contribution in [0.15, 0.2) is 24.3 Å². The molecular formula is C49H93NO11S. The maximum atomic E-state index is 13.0. The molecule has 0 spiro atoms. The number of carbonyl (C=O) groups is 1. The Kier molecular flexibility index (Phi) is 37.7. The molecule has 366 valence electrons. The van der Waals surface area contributed by atoms with Gasteiger partial charge in [-0.15, -0.1) is 0 Å². The van der Waals surface area contributed by atoms with Crippen molar-refractivity contribution in [2.24, 2.45) is 0 Å². The maximum Gasteiger partial charge on any atom is 0.397 e. The monoisotopic (exact) mass is 904 g/mol. The Morgan fingerprint density at radius 3 is 1.50 bits per heavy atom.